The van der Waals surface area contributed by atoms with Gasteiger partial charge in [-0.3, -0.25) is 0 Å². The molecular formula is C12H11N2O. The first-order valence-electron chi connectivity index (χ1n) is 4.80. The van der Waals surface area contributed by atoms with Gasteiger partial charge < -0.3 is 4.74 Å². The summed E-state index contributed by atoms with van der Waals surface area (Å²) in [4.78, 5) is 8.22. The fraction of sp³-hybridized carbons (Fsp3) is 0.167. The Hall–Kier alpha value is -1.90. The highest BCUT2D eigenvalue weighted by molar-refractivity contribution is 5.20. The van der Waals surface area contributed by atoms with Crippen LogP contribution in [-0.4, -0.2) is 16.6 Å². The molecule has 0 saturated carbocycles. The number of benzene rings is 1. The van der Waals surface area contributed by atoms with Crippen LogP contribution in [0.1, 0.15) is 5.82 Å². The molecule has 0 amide bonds. The van der Waals surface area contributed by atoms with E-state index in [9.17, 15) is 0 Å². The molecule has 3 heteroatoms. The maximum Gasteiger partial charge on any atom is 0.131 e. The Kier molecular flexibility index (Phi) is 3.28. The summed E-state index contributed by atoms with van der Waals surface area (Å²) < 4.78 is 5.50. The molecule has 2 rings (SSSR count). The van der Waals surface area contributed by atoms with Gasteiger partial charge in [-0.05, 0) is 24.3 Å². The number of nitrogens with zero attached hydrogens (tertiary/aromatic N) is 2. The van der Waals surface area contributed by atoms with E-state index in [1.54, 1.807) is 18.5 Å². The van der Waals surface area contributed by atoms with Crippen LogP contribution in [-0.2, 0) is 6.42 Å². The van der Waals surface area contributed by atoms with Gasteiger partial charge in [0.05, 0.1) is 6.61 Å². The van der Waals surface area contributed by atoms with E-state index in [4.69, 9.17) is 4.74 Å². The second kappa shape index (κ2) is 5.10. The minimum Gasteiger partial charge on any atom is -0.493 e. The minimum atomic E-state index is 0.585. The molecule has 75 valence electrons. The number of hydrogen-bond donors (Lipinski definition) is 0. The number of ether oxygens (including phenoxy) is 1. The van der Waals surface area contributed by atoms with Gasteiger partial charge in [0.15, 0.2) is 0 Å². The lowest BCUT2D eigenvalue weighted by molar-refractivity contribution is 0.319. The molecule has 0 saturated heterocycles. The van der Waals surface area contributed by atoms with Crippen LogP contribution in [0.2, 0.25) is 0 Å². The smallest absolute Gasteiger partial charge is 0.131 e. The monoisotopic (exact) mass is 199 g/mol. The molecule has 1 heterocycles. The molecule has 1 aromatic heterocycles. The summed E-state index contributed by atoms with van der Waals surface area (Å²) in [6.07, 6.45) is 4.19. The van der Waals surface area contributed by atoms with E-state index in [1.165, 1.54) is 0 Å². The Morgan fingerprint density at radius 1 is 1.20 bits per heavy atom. The Labute approximate surface area is 88.8 Å². The third-order valence-corrected chi connectivity index (χ3v) is 1.89. The summed E-state index contributed by atoms with van der Waals surface area (Å²) in [5.41, 5.74) is 0. The summed E-state index contributed by atoms with van der Waals surface area (Å²) in [5.74, 6) is 1.63. The van der Waals surface area contributed by atoms with Crippen LogP contribution in [0.5, 0.6) is 5.75 Å². The molecule has 0 bridgehead atoms. The number of hydrogen-bond acceptors (Lipinski definition) is 3. The Morgan fingerprint density at radius 2 is 2.07 bits per heavy atom. The van der Waals surface area contributed by atoms with Crippen LogP contribution in [0, 0.1) is 6.07 Å². The maximum atomic E-state index is 5.50. The van der Waals surface area contributed by atoms with Crippen LogP contribution in [0.4, 0.5) is 0 Å². The molecule has 0 N–H and O–H groups in total. The van der Waals surface area contributed by atoms with Crippen molar-refractivity contribution < 1.29 is 4.74 Å². The van der Waals surface area contributed by atoms with E-state index in [1.807, 2.05) is 24.3 Å². The standard InChI is InChI=1S/C12H11N2O/c1-2-5-11(6-3-1)15-10-7-12-13-8-4-9-14-12/h1-2,4-6,8-9H,7,10H2. The van der Waals surface area contributed by atoms with Gasteiger partial charge in [0.1, 0.15) is 11.6 Å². The zero-order valence-electron chi connectivity index (χ0n) is 8.26. The maximum absolute atomic E-state index is 5.50. The van der Waals surface area contributed by atoms with Crippen molar-refractivity contribution in [2.45, 2.75) is 6.42 Å². The fourth-order valence-electron chi connectivity index (χ4n) is 1.19. The summed E-state index contributed by atoms with van der Waals surface area (Å²) >= 11 is 0. The molecule has 15 heavy (non-hydrogen) atoms. The third-order valence-electron chi connectivity index (χ3n) is 1.89. The molecule has 0 unspecified atom stereocenters. The largest absolute Gasteiger partial charge is 0.493 e. The topological polar surface area (TPSA) is 35.0 Å². The third kappa shape index (κ3) is 3.06. The van der Waals surface area contributed by atoms with Crippen molar-refractivity contribution in [3.8, 4) is 5.75 Å². The zero-order chi connectivity index (χ0) is 10.3. The summed E-state index contributed by atoms with van der Waals surface area (Å²) in [5, 5.41) is 0. The summed E-state index contributed by atoms with van der Waals surface area (Å²) in [7, 11) is 0. The molecule has 1 aromatic carbocycles. The van der Waals surface area contributed by atoms with Gasteiger partial charge in [0, 0.05) is 18.8 Å². The fourth-order valence-corrected chi connectivity index (χ4v) is 1.19. The van der Waals surface area contributed by atoms with Crippen molar-refractivity contribution in [3.05, 3.63) is 54.6 Å². The summed E-state index contributed by atoms with van der Waals surface area (Å²) in [6, 6.07) is 12.2. The molecule has 0 aliphatic carbocycles. The van der Waals surface area contributed by atoms with E-state index in [0.717, 1.165) is 18.0 Å². The zero-order valence-corrected chi connectivity index (χ0v) is 8.26. The minimum absolute atomic E-state index is 0.585. The Bertz CT molecular complexity index is 349. The second-order valence-electron chi connectivity index (χ2n) is 3.00. The van der Waals surface area contributed by atoms with Gasteiger partial charge in [-0.1, -0.05) is 12.1 Å². The van der Waals surface area contributed by atoms with Gasteiger partial charge in [-0.25, -0.2) is 9.97 Å². The van der Waals surface area contributed by atoms with Crippen molar-refractivity contribution in [2.24, 2.45) is 0 Å². The SMILES string of the molecule is [c]1cccc(OCCc2ncccn2)c1. The predicted octanol–water partition coefficient (Wildman–Crippen LogP) is 1.90. The van der Waals surface area contributed by atoms with E-state index < -0.39 is 0 Å². The molecule has 0 spiro atoms. The van der Waals surface area contributed by atoms with Gasteiger partial charge in [0.25, 0.3) is 0 Å². The number of rotatable bonds is 4. The van der Waals surface area contributed by atoms with Gasteiger partial charge in [0.2, 0.25) is 0 Å². The Morgan fingerprint density at radius 3 is 2.80 bits per heavy atom. The first-order chi connectivity index (χ1) is 7.45. The van der Waals surface area contributed by atoms with E-state index in [-0.39, 0.29) is 0 Å². The molecule has 0 aliphatic heterocycles. The molecule has 0 atom stereocenters. The van der Waals surface area contributed by atoms with Crippen LogP contribution in [0.25, 0.3) is 0 Å². The Balaban J connectivity index is 1.81. The lowest BCUT2D eigenvalue weighted by Crippen LogP contribution is -2.04. The van der Waals surface area contributed by atoms with Crippen LogP contribution >= 0.6 is 0 Å². The molecule has 2 aromatic rings. The normalized spacial score (nSPS) is 9.87. The second-order valence-corrected chi connectivity index (χ2v) is 3.00. The van der Waals surface area contributed by atoms with Gasteiger partial charge in [-0.15, -0.1) is 0 Å². The van der Waals surface area contributed by atoms with Crippen molar-refractivity contribution in [1.82, 2.24) is 9.97 Å². The van der Waals surface area contributed by atoms with Crippen molar-refractivity contribution in [2.75, 3.05) is 6.61 Å². The van der Waals surface area contributed by atoms with E-state index in [0.29, 0.717) is 6.61 Å². The van der Waals surface area contributed by atoms with Crippen LogP contribution < -0.4 is 4.74 Å². The average Bonchev–Trinajstić information content (AvgIpc) is 2.32. The summed E-state index contributed by atoms with van der Waals surface area (Å²) in [6.45, 7) is 0.585. The number of aromatic nitrogens is 2. The van der Waals surface area contributed by atoms with Crippen molar-refractivity contribution >= 4 is 0 Å². The molecule has 0 fully saturated rings. The molecule has 1 radical (unpaired) electrons. The van der Waals surface area contributed by atoms with Crippen LogP contribution in [0.3, 0.4) is 0 Å². The average molecular weight is 199 g/mol. The highest BCUT2D eigenvalue weighted by Gasteiger charge is 1.95. The van der Waals surface area contributed by atoms with Crippen LogP contribution in [0.15, 0.2) is 42.7 Å². The lowest BCUT2D eigenvalue weighted by Gasteiger charge is -2.04. The van der Waals surface area contributed by atoms with Gasteiger partial charge in [-0.2, -0.15) is 0 Å². The van der Waals surface area contributed by atoms with Crippen molar-refractivity contribution in [3.63, 3.8) is 0 Å². The van der Waals surface area contributed by atoms with Crippen molar-refractivity contribution in [1.29, 1.82) is 0 Å². The van der Waals surface area contributed by atoms with E-state index >= 15 is 0 Å². The molecular weight excluding hydrogens is 188 g/mol. The lowest BCUT2D eigenvalue weighted by atomic mass is 10.3. The van der Waals surface area contributed by atoms with Gasteiger partial charge >= 0.3 is 0 Å². The quantitative estimate of drug-likeness (QED) is 0.754. The highest BCUT2D eigenvalue weighted by atomic mass is 16.5. The van der Waals surface area contributed by atoms with E-state index in [2.05, 4.69) is 16.0 Å². The first-order valence-corrected chi connectivity index (χ1v) is 4.80. The molecule has 0 aliphatic rings. The highest BCUT2D eigenvalue weighted by Crippen LogP contribution is 2.07. The first kappa shape index (κ1) is 9.65. The molecule has 3 nitrogen and oxygen atoms in total. The predicted molar refractivity (Wildman–Crippen MR) is 56.5 cm³/mol.